The van der Waals surface area contributed by atoms with Gasteiger partial charge in [-0.2, -0.15) is 0 Å². The maximum absolute atomic E-state index is 11.6. The first-order valence-corrected chi connectivity index (χ1v) is 23.6. The summed E-state index contributed by atoms with van der Waals surface area (Å²) in [4.78, 5) is 9.62. The Morgan fingerprint density at radius 1 is 0.348 bits per heavy atom. The van der Waals surface area contributed by atoms with Crippen LogP contribution in [-0.2, 0) is 10.8 Å². The standard InChI is InChI=1S/C62H52N2O2/c1-37-27-47-43-17-7-11-21-51(43)61(55(47)29-39(37)3)53-23-13-9-19-45(53)49-31-41(59(65)33-57(49)61)35-63-25-15-5-6-16-26-64-36-42-32-50-46-20-10-14-24-54(46)62(58(50)34-60(42)66)52-22-12-8-18-44(52)48-28-38(2)40(4)30-56(48)62/h7-14,17-24,27-36,65-66H,5-6,15-16,25-26H2,1-4H3. The molecule has 2 unspecified atom stereocenters. The van der Waals surface area contributed by atoms with E-state index < -0.39 is 10.8 Å². The summed E-state index contributed by atoms with van der Waals surface area (Å²) in [5.74, 6) is 0.518. The number of aromatic hydroxyl groups is 2. The van der Waals surface area contributed by atoms with Gasteiger partial charge in [-0.3, -0.25) is 9.98 Å². The van der Waals surface area contributed by atoms with Gasteiger partial charge in [-0.15, -0.1) is 0 Å². The number of unbranched alkanes of at least 4 members (excludes halogenated alkanes) is 3. The van der Waals surface area contributed by atoms with Gasteiger partial charge in [-0.05, 0) is 176 Å². The van der Waals surface area contributed by atoms with Gasteiger partial charge in [0.05, 0.1) is 10.8 Å². The quantitative estimate of drug-likeness (QED) is 0.112. The summed E-state index contributed by atoms with van der Waals surface area (Å²) in [5, 5.41) is 23.2. The van der Waals surface area contributed by atoms with Gasteiger partial charge in [-0.1, -0.05) is 134 Å². The van der Waals surface area contributed by atoms with Gasteiger partial charge < -0.3 is 10.2 Å². The minimum absolute atomic E-state index is 0.259. The number of hydrogen-bond donors (Lipinski definition) is 2. The van der Waals surface area contributed by atoms with E-state index in [-0.39, 0.29) is 11.5 Å². The van der Waals surface area contributed by atoms with Crippen molar-refractivity contribution in [3.8, 4) is 56.0 Å². The number of phenolic OH excluding ortho intramolecular Hbond substituents is 2. The summed E-state index contributed by atoms with van der Waals surface area (Å²) >= 11 is 0. The van der Waals surface area contributed by atoms with E-state index in [1.807, 2.05) is 24.6 Å². The van der Waals surface area contributed by atoms with Gasteiger partial charge in [0.15, 0.2) is 0 Å². The number of nitrogens with zero attached hydrogens (tertiary/aromatic N) is 2. The highest BCUT2D eigenvalue weighted by Gasteiger charge is 2.53. The van der Waals surface area contributed by atoms with Crippen molar-refractivity contribution in [2.45, 2.75) is 64.2 Å². The average Bonchev–Trinajstić information content (AvgIpc) is 3.97. The number of hydrogen-bond acceptors (Lipinski definition) is 4. The fraction of sp³-hybridized carbons (Fsp3) is 0.194. The van der Waals surface area contributed by atoms with Crippen molar-refractivity contribution in [1.82, 2.24) is 0 Å². The molecule has 4 aliphatic rings. The van der Waals surface area contributed by atoms with Crippen LogP contribution in [0.2, 0.25) is 0 Å². The summed E-state index contributed by atoms with van der Waals surface area (Å²) in [6, 6.07) is 52.8. The Morgan fingerprint density at radius 3 is 1.02 bits per heavy atom. The molecule has 0 heterocycles. The van der Waals surface area contributed by atoms with E-state index in [1.54, 1.807) is 0 Å². The van der Waals surface area contributed by atoms with Crippen molar-refractivity contribution in [1.29, 1.82) is 0 Å². The molecule has 0 fully saturated rings. The molecule has 0 aliphatic heterocycles. The van der Waals surface area contributed by atoms with E-state index in [2.05, 4.69) is 161 Å². The lowest BCUT2D eigenvalue weighted by Crippen LogP contribution is -2.26. The van der Waals surface area contributed by atoms with E-state index in [0.717, 1.165) is 59.1 Å². The molecule has 322 valence electrons. The second-order valence-corrected chi connectivity index (χ2v) is 19.0. The van der Waals surface area contributed by atoms with Gasteiger partial charge in [0.1, 0.15) is 11.5 Å². The first kappa shape index (κ1) is 40.2. The lowest BCUT2D eigenvalue weighted by molar-refractivity contribution is 0.472. The number of aliphatic imine (C=N–C) groups is 2. The normalized spacial score (nSPS) is 17.6. The minimum atomic E-state index is -0.487. The second-order valence-electron chi connectivity index (χ2n) is 19.0. The van der Waals surface area contributed by atoms with E-state index in [4.69, 9.17) is 9.98 Å². The van der Waals surface area contributed by atoms with Crippen molar-refractivity contribution in [3.63, 3.8) is 0 Å². The van der Waals surface area contributed by atoms with Crippen molar-refractivity contribution in [2.24, 2.45) is 9.98 Å². The summed E-state index contributed by atoms with van der Waals surface area (Å²) in [7, 11) is 0. The number of benzene rings is 8. The van der Waals surface area contributed by atoms with E-state index in [1.165, 1.54) is 89.0 Å². The Kier molecular flexibility index (Phi) is 9.23. The molecule has 2 N–H and O–H groups in total. The van der Waals surface area contributed by atoms with E-state index in [9.17, 15) is 10.2 Å². The Balaban J connectivity index is 0.728. The van der Waals surface area contributed by atoms with E-state index in [0.29, 0.717) is 13.1 Å². The highest BCUT2D eigenvalue weighted by molar-refractivity contribution is 6.00. The molecule has 8 aromatic rings. The molecular formula is C62H52N2O2. The van der Waals surface area contributed by atoms with Crippen molar-refractivity contribution in [2.75, 3.05) is 13.1 Å². The summed E-state index contributed by atoms with van der Waals surface area (Å²) in [6.45, 7) is 10.2. The van der Waals surface area contributed by atoms with Crippen LogP contribution in [0.5, 0.6) is 11.5 Å². The van der Waals surface area contributed by atoms with Crippen LogP contribution < -0.4 is 0 Å². The third-order valence-corrected chi connectivity index (χ3v) is 15.5. The fourth-order valence-corrected chi connectivity index (χ4v) is 12.2. The highest BCUT2D eigenvalue weighted by atomic mass is 16.3. The molecule has 66 heavy (non-hydrogen) atoms. The molecule has 0 amide bonds. The molecule has 4 aliphatic carbocycles. The van der Waals surface area contributed by atoms with Gasteiger partial charge in [0.25, 0.3) is 0 Å². The van der Waals surface area contributed by atoms with Crippen LogP contribution in [0.25, 0.3) is 44.5 Å². The molecule has 0 aromatic heterocycles. The zero-order valence-electron chi connectivity index (χ0n) is 38.0. The number of rotatable bonds is 9. The van der Waals surface area contributed by atoms with E-state index >= 15 is 0 Å². The lowest BCUT2D eigenvalue weighted by Gasteiger charge is -2.31. The topological polar surface area (TPSA) is 65.2 Å². The zero-order valence-corrected chi connectivity index (χ0v) is 38.0. The van der Waals surface area contributed by atoms with Crippen LogP contribution in [0, 0.1) is 27.7 Å². The van der Waals surface area contributed by atoms with Crippen molar-refractivity contribution in [3.05, 3.63) is 223 Å². The number of phenols is 2. The Bertz CT molecular complexity index is 3180. The maximum atomic E-state index is 11.6. The maximum Gasteiger partial charge on any atom is 0.124 e. The number of aryl methyl sites for hydroxylation is 4. The predicted octanol–water partition coefficient (Wildman–Crippen LogP) is 14.1. The van der Waals surface area contributed by atoms with Crippen LogP contribution >= 0.6 is 0 Å². The van der Waals surface area contributed by atoms with Crippen LogP contribution in [-0.4, -0.2) is 35.7 Å². The average molecular weight is 857 g/mol. The molecule has 12 rings (SSSR count). The third kappa shape index (κ3) is 5.57. The summed E-state index contributed by atoms with van der Waals surface area (Å²) in [6.07, 6.45) is 7.72. The molecular weight excluding hydrogens is 805 g/mol. The van der Waals surface area contributed by atoms with Crippen LogP contribution in [0.3, 0.4) is 0 Å². The fourth-order valence-electron chi connectivity index (χ4n) is 12.2. The van der Waals surface area contributed by atoms with Crippen LogP contribution in [0.15, 0.2) is 156 Å². The Hall–Kier alpha value is -7.30. The molecule has 0 saturated heterocycles. The van der Waals surface area contributed by atoms with Gasteiger partial charge in [0, 0.05) is 36.6 Å². The van der Waals surface area contributed by atoms with Gasteiger partial charge >= 0.3 is 0 Å². The minimum Gasteiger partial charge on any atom is -0.507 e. The molecule has 2 atom stereocenters. The van der Waals surface area contributed by atoms with Crippen molar-refractivity contribution >= 4 is 12.4 Å². The Morgan fingerprint density at radius 2 is 0.652 bits per heavy atom. The molecule has 4 nitrogen and oxygen atoms in total. The second kappa shape index (κ2) is 15.1. The third-order valence-electron chi connectivity index (χ3n) is 15.5. The predicted molar refractivity (Wildman–Crippen MR) is 271 cm³/mol. The molecule has 8 aromatic carbocycles. The first-order valence-electron chi connectivity index (χ1n) is 23.6. The van der Waals surface area contributed by atoms with Crippen molar-refractivity contribution < 1.29 is 10.2 Å². The van der Waals surface area contributed by atoms with Gasteiger partial charge in [0.2, 0.25) is 0 Å². The van der Waals surface area contributed by atoms with Crippen LogP contribution in [0.1, 0.15) is 104 Å². The highest BCUT2D eigenvalue weighted by Crippen LogP contribution is 2.65. The summed E-state index contributed by atoms with van der Waals surface area (Å²) < 4.78 is 0. The SMILES string of the molecule is Cc1cc2c(cc1C)C1(c3ccccc3-2)c2ccccc2-c2cc(C=NCCCCCCN=Cc3cc4c(cc3O)C3(c5ccccc5-c5cc(C)c(C)cc53)c3ccccc3-4)c(O)cc21. The molecule has 4 heteroatoms. The monoisotopic (exact) mass is 856 g/mol. The van der Waals surface area contributed by atoms with Crippen LogP contribution in [0.4, 0.5) is 0 Å². The smallest absolute Gasteiger partial charge is 0.124 e. The largest absolute Gasteiger partial charge is 0.507 e. The lowest BCUT2D eigenvalue weighted by atomic mass is 9.70. The summed E-state index contributed by atoms with van der Waals surface area (Å²) in [5.41, 5.74) is 25.4. The first-order chi connectivity index (χ1) is 32.2. The molecule has 0 radical (unpaired) electrons. The molecule has 0 bridgehead atoms. The number of fused-ring (bicyclic) bond motifs is 20. The molecule has 2 spiro atoms. The molecule has 0 saturated carbocycles. The zero-order chi connectivity index (χ0) is 44.9. The Labute approximate surface area is 387 Å². The van der Waals surface area contributed by atoms with Gasteiger partial charge in [-0.25, -0.2) is 0 Å².